The van der Waals surface area contributed by atoms with Gasteiger partial charge < -0.3 is 18.9 Å². The lowest BCUT2D eigenvalue weighted by Crippen LogP contribution is -2.61. The van der Waals surface area contributed by atoms with Crippen molar-refractivity contribution in [3.05, 3.63) is 331 Å². The van der Waals surface area contributed by atoms with E-state index in [4.69, 9.17) is 0 Å². The molecule has 16 aromatic rings. The fourth-order valence-electron chi connectivity index (χ4n) is 17.5. The van der Waals surface area contributed by atoms with E-state index in [0.29, 0.717) is 0 Å². The third kappa shape index (κ3) is 9.94. The first-order valence-corrected chi connectivity index (χ1v) is 36.8. The standard InChI is InChI=1S/C98H81BN4/c1-96(2,3)68-54-79(62-30-14-10-15-31-62)94(80(55-68)63-32-16-11-17-33-63)102-87-60-71(100-85-44-28-26-42-75(85)77-50-46-66-38-22-24-40-73(66)92(77)100)48-52-83(87)99-84-53-49-72(101-86-45-29-27-43-76(86)78-51-47-67-39-23-25-41-74(67)93(78)101)61-88(84)103(90-59-70(98(7,8)9)58-89(102)91(90)99)95-81(64-34-18-12-19-35-64)56-69(97(4,5)6)57-82(95)65-36-20-13-21-37-65/h10-46,48-50,52-61H,47,51H2,1-9H3. The Bertz CT molecular complexity index is 5990. The van der Waals surface area contributed by atoms with E-state index in [1.165, 1.54) is 144 Å². The van der Waals surface area contributed by atoms with E-state index in [0.717, 1.165) is 58.1 Å². The highest BCUT2D eigenvalue weighted by Gasteiger charge is 2.47. The molecule has 19 rings (SSSR count). The molecule has 1 aliphatic carbocycles. The second-order valence-electron chi connectivity index (χ2n) is 31.9. The number of anilines is 6. The van der Waals surface area contributed by atoms with E-state index < -0.39 is 0 Å². The lowest BCUT2D eigenvalue weighted by molar-refractivity contribution is 0.590. The molecular weight excluding hydrogens is 1240 g/mol. The Morgan fingerprint density at radius 2 is 0.709 bits per heavy atom. The predicted molar refractivity (Wildman–Crippen MR) is 440 cm³/mol. The van der Waals surface area contributed by atoms with Crippen LogP contribution in [0, 0.1) is 0 Å². The van der Waals surface area contributed by atoms with E-state index in [9.17, 15) is 0 Å². The Morgan fingerprint density at radius 1 is 0.301 bits per heavy atom. The Kier molecular flexibility index (Phi) is 14.2. The monoisotopic (exact) mass is 1320 g/mol. The molecule has 0 N–H and O–H groups in total. The third-order valence-corrected chi connectivity index (χ3v) is 22.6. The van der Waals surface area contributed by atoms with Crippen molar-refractivity contribution in [2.75, 3.05) is 9.80 Å². The molecule has 0 unspecified atom stereocenters. The van der Waals surface area contributed by atoms with Crippen molar-refractivity contribution >= 4 is 101 Å². The normalized spacial score (nSPS) is 13.3. The molecule has 0 amide bonds. The quantitative estimate of drug-likeness (QED) is 0.141. The van der Waals surface area contributed by atoms with Crippen molar-refractivity contribution in [3.8, 4) is 67.1 Å². The Balaban J connectivity index is 1.01. The van der Waals surface area contributed by atoms with Gasteiger partial charge in [-0.25, -0.2) is 0 Å². The highest BCUT2D eigenvalue weighted by atomic mass is 15.2. The van der Waals surface area contributed by atoms with E-state index in [1.54, 1.807) is 0 Å². The highest BCUT2D eigenvalue weighted by Crippen LogP contribution is 2.56. The van der Waals surface area contributed by atoms with Gasteiger partial charge in [0.05, 0.1) is 33.6 Å². The minimum atomic E-state index is -0.329. The summed E-state index contributed by atoms with van der Waals surface area (Å²) in [7, 11) is 0. The predicted octanol–water partition coefficient (Wildman–Crippen LogP) is 24.3. The molecular formula is C98H81BN4. The summed E-state index contributed by atoms with van der Waals surface area (Å²) >= 11 is 0. The number of para-hydroxylation sites is 2. The van der Waals surface area contributed by atoms with E-state index in [2.05, 4.69) is 385 Å². The van der Waals surface area contributed by atoms with Crippen molar-refractivity contribution in [1.29, 1.82) is 0 Å². The van der Waals surface area contributed by atoms with Crippen molar-refractivity contribution in [2.24, 2.45) is 0 Å². The number of aryl methyl sites for hydroxylation is 2. The molecule has 2 aromatic heterocycles. The van der Waals surface area contributed by atoms with Gasteiger partial charge in [-0.15, -0.1) is 0 Å². The Hall–Kier alpha value is -11.7. The third-order valence-electron chi connectivity index (χ3n) is 22.6. The molecule has 2 aliphatic heterocycles. The summed E-state index contributed by atoms with van der Waals surface area (Å²) in [5.74, 6) is 0. The van der Waals surface area contributed by atoms with Crippen molar-refractivity contribution in [1.82, 2.24) is 9.13 Å². The fraction of sp³-hybridized carbons (Fsp3) is 0.143. The van der Waals surface area contributed by atoms with Crippen LogP contribution in [0.3, 0.4) is 0 Å². The minimum absolute atomic E-state index is 0.190. The van der Waals surface area contributed by atoms with Gasteiger partial charge in [0.25, 0.3) is 6.71 Å². The van der Waals surface area contributed by atoms with Gasteiger partial charge in [-0.1, -0.05) is 293 Å². The van der Waals surface area contributed by atoms with Gasteiger partial charge in [0.15, 0.2) is 0 Å². The van der Waals surface area contributed by atoms with Crippen molar-refractivity contribution in [2.45, 2.75) is 91.4 Å². The maximum Gasteiger partial charge on any atom is 0.252 e. The summed E-state index contributed by atoms with van der Waals surface area (Å²) < 4.78 is 5.18. The van der Waals surface area contributed by atoms with Crippen LogP contribution in [0.5, 0.6) is 0 Å². The number of hydrogen-bond acceptors (Lipinski definition) is 2. The van der Waals surface area contributed by atoms with E-state index >= 15 is 0 Å². The zero-order valence-corrected chi connectivity index (χ0v) is 60.1. The molecule has 0 atom stereocenters. The first-order chi connectivity index (χ1) is 50.0. The summed E-state index contributed by atoms with van der Waals surface area (Å²) in [5.41, 5.74) is 34.4. The van der Waals surface area contributed by atoms with Crippen LogP contribution < -0.4 is 26.2 Å². The van der Waals surface area contributed by atoms with Crippen LogP contribution in [0.1, 0.15) is 90.1 Å². The Labute approximate surface area is 605 Å². The molecule has 0 spiro atoms. The zero-order chi connectivity index (χ0) is 69.8. The average Bonchev–Trinajstić information content (AvgIpc) is 1.22. The first-order valence-electron chi connectivity index (χ1n) is 36.8. The lowest BCUT2D eigenvalue weighted by atomic mass is 9.33. The van der Waals surface area contributed by atoms with Crippen molar-refractivity contribution in [3.63, 3.8) is 0 Å². The van der Waals surface area contributed by atoms with Gasteiger partial charge in [-0.2, -0.15) is 0 Å². The number of aromatic nitrogens is 2. The van der Waals surface area contributed by atoms with Crippen LogP contribution in [0.2, 0.25) is 0 Å². The maximum absolute atomic E-state index is 2.76. The summed E-state index contributed by atoms with van der Waals surface area (Å²) in [4.78, 5) is 5.50. The summed E-state index contributed by atoms with van der Waals surface area (Å²) in [6, 6.07) is 116. The molecule has 0 saturated heterocycles. The molecule has 0 bridgehead atoms. The van der Waals surface area contributed by atoms with Crippen LogP contribution in [0.4, 0.5) is 34.1 Å². The van der Waals surface area contributed by atoms with Crippen LogP contribution >= 0.6 is 0 Å². The number of rotatable bonds is 8. The molecule has 4 nitrogen and oxygen atoms in total. The second kappa shape index (κ2) is 23.5. The molecule has 0 fully saturated rings. The molecule has 5 heteroatoms. The minimum Gasteiger partial charge on any atom is -0.310 e. The smallest absolute Gasteiger partial charge is 0.252 e. The Morgan fingerprint density at radius 3 is 1.20 bits per heavy atom. The van der Waals surface area contributed by atoms with Crippen LogP contribution in [-0.4, -0.2) is 15.8 Å². The average molecular weight is 1330 g/mol. The van der Waals surface area contributed by atoms with E-state index in [-0.39, 0.29) is 23.0 Å². The molecule has 0 radical (unpaired) electrons. The zero-order valence-electron chi connectivity index (χ0n) is 60.1. The largest absolute Gasteiger partial charge is 0.310 e. The van der Waals surface area contributed by atoms with Gasteiger partial charge in [0.2, 0.25) is 0 Å². The molecule has 496 valence electrons. The lowest BCUT2D eigenvalue weighted by Gasteiger charge is -2.47. The van der Waals surface area contributed by atoms with E-state index in [1.807, 2.05) is 0 Å². The number of fused-ring (bicyclic) bond motifs is 14. The molecule has 103 heavy (non-hydrogen) atoms. The summed E-state index contributed by atoms with van der Waals surface area (Å²) in [6.07, 6.45) is 1.98. The topological polar surface area (TPSA) is 16.3 Å². The molecule has 14 aromatic carbocycles. The van der Waals surface area contributed by atoms with Crippen LogP contribution in [0.25, 0.3) is 111 Å². The first kappa shape index (κ1) is 62.4. The molecule has 4 heterocycles. The van der Waals surface area contributed by atoms with Crippen LogP contribution in [0.15, 0.2) is 303 Å². The summed E-state index contributed by atoms with van der Waals surface area (Å²) in [6.45, 7) is 21.2. The van der Waals surface area contributed by atoms with Gasteiger partial charge in [-0.3, -0.25) is 0 Å². The fourth-order valence-corrected chi connectivity index (χ4v) is 17.5. The maximum atomic E-state index is 2.76. The number of hydrogen-bond donors (Lipinski definition) is 0. The molecule has 0 saturated carbocycles. The summed E-state index contributed by atoms with van der Waals surface area (Å²) in [5, 5.41) is 6.23. The molecule has 3 aliphatic rings. The van der Waals surface area contributed by atoms with Gasteiger partial charge in [0, 0.05) is 83.5 Å². The van der Waals surface area contributed by atoms with Gasteiger partial charge in [-0.05, 0) is 174 Å². The SMILES string of the molecule is CC(C)(C)c1cc(-c2ccccc2)c(N2c3cc(-n4c5c(c6ccccc64)CCc4ccccc4-5)ccc3B3c4ccc(-n5c6ccccc6c6ccc7ccccc7c65)cc4N(c4c(-c5ccccc5)cc(C(C)(C)C)cc4-c4ccccc4)c4cc(C(C)(C)C)cc2c43)c(-c2ccccc2)c1. The second-order valence-corrected chi connectivity index (χ2v) is 31.9. The van der Waals surface area contributed by atoms with Crippen LogP contribution in [-0.2, 0) is 29.1 Å². The number of benzene rings is 14. The van der Waals surface area contributed by atoms with Gasteiger partial charge >= 0.3 is 0 Å². The highest BCUT2D eigenvalue weighted by molar-refractivity contribution is 7.00. The number of nitrogens with zero attached hydrogens (tertiary/aromatic N) is 4. The van der Waals surface area contributed by atoms with Crippen molar-refractivity contribution < 1.29 is 0 Å². The van der Waals surface area contributed by atoms with Gasteiger partial charge in [0.1, 0.15) is 0 Å².